The number of aliphatic hydroxyl groups is 1. The molecule has 0 fully saturated rings. The Morgan fingerprint density at radius 3 is 2.80 bits per heavy atom. The van der Waals surface area contributed by atoms with Gasteiger partial charge in [-0.15, -0.1) is 0 Å². The highest BCUT2D eigenvalue weighted by Gasteiger charge is 2.08. The molecule has 112 valence electrons. The molecule has 4 nitrogen and oxygen atoms in total. The van der Waals surface area contributed by atoms with Crippen molar-refractivity contribution >= 4 is 17.9 Å². The van der Waals surface area contributed by atoms with Crippen molar-refractivity contribution in [3.05, 3.63) is 35.9 Å². The number of amides is 1. The quantitative estimate of drug-likeness (QED) is 0.688. The third-order valence-corrected chi connectivity index (χ3v) is 3.85. The fourth-order valence-corrected chi connectivity index (χ4v) is 2.34. The van der Waals surface area contributed by atoms with Crippen molar-refractivity contribution in [2.75, 3.05) is 31.3 Å². The van der Waals surface area contributed by atoms with Gasteiger partial charge in [-0.25, -0.2) is 4.79 Å². The number of nitrogens with one attached hydrogen (secondary N) is 1. The van der Waals surface area contributed by atoms with Crippen LogP contribution < -0.4 is 5.32 Å². The first kappa shape index (κ1) is 16.9. The van der Waals surface area contributed by atoms with E-state index in [4.69, 9.17) is 9.84 Å². The molecule has 1 unspecified atom stereocenters. The molecule has 1 amide bonds. The summed E-state index contributed by atoms with van der Waals surface area (Å²) in [7, 11) is 0. The van der Waals surface area contributed by atoms with Gasteiger partial charge in [0, 0.05) is 18.2 Å². The molecular weight excluding hydrogens is 274 g/mol. The van der Waals surface area contributed by atoms with Crippen LogP contribution in [0.25, 0.3) is 0 Å². The highest BCUT2D eigenvalue weighted by atomic mass is 32.2. The van der Waals surface area contributed by atoms with Crippen LogP contribution in [-0.2, 0) is 4.74 Å². The Kier molecular flexibility index (Phi) is 8.91. The largest absolute Gasteiger partial charge is 0.449 e. The average molecular weight is 297 g/mol. The van der Waals surface area contributed by atoms with E-state index in [1.807, 2.05) is 37.3 Å². The fraction of sp³-hybridized carbons (Fsp3) is 0.533. The Balaban J connectivity index is 2.08. The molecule has 20 heavy (non-hydrogen) atoms. The molecule has 0 aliphatic carbocycles. The summed E-state index contributed by atoms with van der Waals surface area (Å²) in [5.41, 5.74) is 1.17. The molecule has 0 radical (unpaired) electrons. The smallest absolute Gasteiger partial charge is 0.407 e. The minimum absolute atomic E-state index is 0.196. The number of benzene rings is 1. The van der Waals surface area contributed by atoms with E-state index in [0.717, 1.165) is 17.9 Å². The number of ether oxygens (including phenoxy) is 1. The second-order valence-electron chi connectivity index (χ2n) is 4.53. The Morgan fingerprint density at radius 1 is 1.35 bits per heavy atom. The maximum absolute atomic E-state index is 11.5. The Morgan fingerprint density at radius 2 is 2.10 bits per heavy atom. The molecule has 0 spiro atoms. The number of carbonyl (C=O) groups excluding carboxylic acids is 1. The standard InChI is InChI=1S/C15H23NO3S/c1-13(14-6-3-2-4-7-14)12-19-15(18)16-8-5-10-20-11-9-17/h2-4,6-7,13,17H,5,8-12H2,1H3,(H,16,18). The van der Waals surface area contributed by atoms with E-state index in [9.17, 15) is 4.79 Å². The first-order valence-electron chi connectivity index (χ1n) is 6.88. The summed E-state index contributed by atoms with van der Waals surface area (Å²) in [6, 6.07) is 10.00. The van der Waals surface area contributed by atoms with Gasteiger partial charge in [0.15, 0.2) is 0 Å². The molecule has 0 aromatic heterocycles. The van der Waals surface area contributed by atoms with Gasteiger partial charge in [0.1, 0.15) is 0 Å². The van der Waals surface area contributed by atoms with Crippen LogP contribution >= 0.6 is 11.8 Å². The maximum Gasteiger partial charge on any atom is 0.407 e. The van der Waals surface area contributed by atoms with Gasteiger partial charge in [0.25, 0.3) is 0 Å². The van der Waals surface area contributed by atoms with Gasteiger partial charge < -0.3 is 15.2 Å². The van der Waals surface area contributed by atoms with Gasteiger partial charge in [-0.3, -0.25) is 0 Å². The van der Waals surface area contributed by atoms with E-state index in [1.54, 1.807) is 11.8 Å². The zero-order valence-corrected chi connectivity index (χ0v) is 12.7. The lowest BCUT2D eigenvalue weighted by Gasteiger charge is -2.13. The van der Waals surface area contributed by atoms with Gasteiger partial charge in [-0.1, -0.05) is 37.3 Å². The summed E-state index contributed by atoms with van der Waals surface area (Å²) in [5.74, 6) is 1.88. The van der Waals surface area contributed by atoms with Crippen LogP contribution in [0.15, 0.2) is 30.3 Å². The lowest BCUT2D eigenvalue weighted by molar-refractivity contribution is 0.140. The van der Waals surface area contributed by atoms with Crippen molar-refractivity contribution in [2.45, 2.75) is 19.3 Å². The molecule has 0 heterocycles. The molecule has 1 aromatic rings. The summed E-state index contributed by atoms with van der Waals surface area (Å²) in [5, 5.41) is 11.3. The number of alkyl carbamates (subject to hydrolysis) is 1. The molecule has 0 saturated carbocycles. The average Bonchev–Trinajstić information content (AvgIpc) is 2.49. The maximum atomic E-state index is 11.5. The van der Waals surface area contributed by atoms with Crippen molar-refractivity contribution in [1.82, 2.24) is 5.32 Å². The van der Waals surface area contributed by atoms with E-state index >= 15 is 0 Å². The second kappa shape index (κ2) is 10.6. The zero-order valence-electron chi connectivity index (χ0n) is 11.9. The van der Waals surface area contributed by atoms with Gasteiger partial charge in [-0.05, 0) is 17.7 Å². The second-order valence-corrected chi connectivity index (χ2v) is 5.75. The third-order valence-electron chi connectivity index (χ3n) is 2.80. The van der Waals surface area contributed by atoms with E-state index in [0.29, 0.717) is 13.2 Å². The predicted molar refractivity (Wildman–Crippen MR) is 83.2 cm³/mol. The number of hydrogen-bond donors (Lipinski definition) is 2. The number of aliphatic hydroxyl groups excluding tert-OH is 1. The van der Waals surface area contributed by atoms with Crippen LogP contribution in [-0.4, -0.2) is 42.5 Å². The van der Waals surface area contributed by atoms with Crippen LogP contribution in [0.1, 0.15) is 24.8 Å². The number of carbonyl (C=O) groups is 1. The molecule has 1 rings (SSSR count). The van der Waals surface area contributed by atoms with E-state index in [-0.39, 0.29) is 18.6 Å². The normalized spacial score (nSPS) is 11.9. The number of hydrogen-bond acceptors (Lipinski definition) is 4. The molecular formula is C15H23NO3S. The first-order chi connectivity index (χ1) is 9.74. The molecule has 0 aliphatic rings. The number of rotatable bonds is 9. The Bertz CT molecular complexity index is 373. The predicted octanol–water partition coefficient (Wildman–Crippen LogP) is 2.63. The molecule has 0 bridgehead atoms. The van der Waals surface area contributed by atoms with Crippen LogP contribution in [0.4, 0.5) is 4.79 Å². The Labute approximate surface area is 124 Å². The molecule has 0 saturated heterocycles. The third kappa shape index (κ3) is 7.40. The van der Waals surface area contributed by atoms with Crippen LogP contribution in [0, 0.1) is 0 Å². The summed E-state index contributed by atoms with van der Waals surface area (Å²) >= 11 is 1.68. The highest BCUT2D eigenvalue weighted by Crippen LogP contribution is 2.14. The van der Waals surface area contributed by atoms with Crippen molar-refractivity contribution < 1.29 is 14.6 Å². The van der Waals surface area contributed by atoms with Crippen LogP contribution in [0.2, 0.25) is 0 Å². The van der Waals surface area contributed by atoms with Crippen molar-refractivity contribution in [1.29, 1.82) is 0 Å². The van der Waals surface area contributed by atoms with Gasteiger partial charge in [0.05, 0.1) is 13.2 Å². The van der Waals surface area contributed by atoms with Crippen molar-refractivity contribution in [3.63, 3.8) is 0 Å². The molecule has 0 aliphatic heterocycles. The van der Waals surface area contributed by atoms with Gasteiger partial charge in [-0.2, -0.15) is 11.8 Å². The topological polar surface area (TPSA) is 58.6 Å². The lowest BCUT2D eigenvalue weighted by Crippen LogP contribution is -2.27. The van der Waals surface area contributed by atoms with Crippen molar-refractivity contribution in [3.8, 4) is 0 Å². The summed E-state index contributed by atoms with van der Waals surface area (Å²) < 4.78 is 5.19. The molecule has 1 atom stereocenters. The molecule has 1 aromatic carbocycles. The summed E-state index contributed by atoms with van der Waals surface area (Å²) in [6.07, 6.45) is 0.522. The summed E-state index contributed by atoms with van der Waals surface area (Å²) in [4.78, 5) is 11.5. The highest BCUT2D eigenvalue weighted by molar-refractivity contribution is 7.99. The minimum atomic E-state index is -0.361. The molecule has 2 N–H and O–H groups in total. The number of thioether (sulfide) groups is 1. The van der Waals surface area contributed by atoms with E-state index in [2.05, 4.69) is 5.32 Å². The minimum Gasteiger partial charge on any atom is -0.449 e. The fourth-order valence-electron chi connectivity index (χ4n) is 1.66. The molecule has 5 heteroatoms. The Hall–Kier alpha value is -1.20. The van der Waals surface area contributed by atoms with Gasteiger partial charge >= 0.3 is 6.09 Å². The van der Waals surface area contributed by atoms with Gasteiger partial charge in [0.2, 0.25) is 0 Å². The monoisotopic (exact) mass is 297 g/mol. The van der Waals surface area contributed by atoms with Crippen LogP contribution in [0.5, 0.6) is 0 Å². The first-order valence-corrected chi connectivity index (χ1v) is 8.03. The van der Waals surface area contributed by atoms with E-state index in [1.165, 1.54) is 5.56 Å². The summed E-state index contributed by atoms with van der Waals surface area (Å²) in [6.45, 7) is 3.23. The zero-order chi connectivity index (χ0) is 14.6. The lowest BCUT2D eigenvalue weighted by atomic mass is 10.0. The van der Waals surface area contributed by atoms with Crippen molar-refractivity contribution in [2.24, 2.45) is 0 Å². The SMILES string of the molecule is CC(COC(=O)NCCCSCCO)c1ccccc1. The van der Waals surface area contributed by atoms with E-state index < -0.39 is 0 Å². The van der Waals surface area contributed by atoms with Crippen LogP contribution in [0.3, 0.4) is 0 Å².